The van der Waals surface area contributed by atoms with Gasteiger partial charge in [-0.05, 0) is 24.6 Å². The molecule has 0 unspecified atom stereocenters. The lowest BCUT2D eigenvalue weighted by atomic mass is 10.2. The van der Waals surface area contributed by atoms with Crippen LogP contribution < -0.4 is 5.32 Å². The van der Waals surface area contributed by atoms with E-state index >= 15 is 0 Å². The molecule has 1 aromatic carbocycles. The Hall–Kier alpha value is -1.82. The minimum absolute atomic E-state index is 0.203. The van der Waals surface area contributed by atoms with E-state index in [2.05, 4.69) is 15.3 Å². The topological polar surface area (TPSA) is 54.9 Å². The average Bonchev–Trinajstić information content (AvgIpc) is 2.60. The largest absolute Gasteiger partial charge is 0.309 e. The summed E-state index contributed by atoms with van der Waals surface area (Å²) in [5.41, 5.74) is 1.59. The van der Waals surface area contributed by atoms with E-state index in [1.54, 1.807) is 6.92 Å². The smallest absolute Gasteiger partial charge is 0.235 e. The first-order valence-electron chi connectivity index (χ1n) is 7.13. The number of rotatable bonds is 4. The number of para-hydroxylation sites is 1. The fourth-order valence-corrected chi connectivity index (χ4v) is 3.15. The summed E-state index contributed by atoms with van der Waals surface area (Å²) >= 11 is 13.4. The maximum Gasteiger partial charge on any atom is 0.235 e. The summed E-state index contributed by atoms with van der Waals surface area (Å²) in [7, 11) is 0. The van der Waals surface area contributed by atoms with Crippen molar-refractivity contribution in [1.29, 1.82) is 0 Å². The van der Waals surface area contributed by atoms with E-state index in [1.165, 1.54) is 18.0 Å². The SMILES string of the molecule is Cc1c(Cl)cnc(NC(=O)CSc2ccc3ccccc3n2)c1Cl. The first-order valence-corrected chi connectivity index (χ1v) is 8.88. The van der Waals surface area contributed by atoms with Crippen LogP contribution in [0.5, 0.6) is 0 Å². The Morgan fingerprint density at radius 3 is 2.83 bits per heavy atom. The first kappa shape index (κ1) is 17.0. The van der Waals surface area contributed by atoms with Gasteiger partial charge in [0.15, 0.2) is 5.82 Å². The van der Waals surface area contributed by atoms with E-state index in [0.717, 1.165) is 15.9 Å². The van der Waals surface area contributed by atoms with Gasteiger partial charge in [0.05, 0.1) is 26.3 Å². The van der Waals surface area contributed by atoms with E-state index in [4.69, 9.17) is 23.2 Å². The molecule has 0 aliphatic rings. The summed E-state index contributed by atoms with van der Waals surface area (Å²) in [4.78, 5) is 20.7. The second kappa shape index (κ2) is 7.38. The summed E-state index contributed by atoms with van der Waals surface area (Å²) in [6.45, 7) is 1.77. The predicted molar refractivity (Wildman–Crippen MR) is 100 cm³/mol. The highest BCUT2D eigenvalue weighted by molar-refractivity contribution is 7.99. The average molecular weight is 378 g/mol. The van der Waals surface area contributed by atoms with Gasteiger partial charge in [-0.15, -0.1) is 0 Å². The van der Waals surface area contributed by atoms with Crippen LogP contribution in [0, 0.1) is 6.92 Å². The van der Waals surface area contributed by atoms with Crippen molar-refractivity contribution in [3.05, 3.63) is 58.2 Å². The van der Waals surface area contributed by atoms with E-state index in [1.807, 2.05) is 36.4 Å². The third kappa shape index (κ3) is 3.80. The number of nitrogens with one attached hydrogen (secondary N) is 1. The molecule has 0 aliphatic carbocycles. The Morgan fingerprint density at radius 2 is 2.00 bits per heavy atom. The number of nitrogens with zero attached hydrogens (tertiary/aromatic N) is 2. The van der Waals surface area contributed by atoms with E-state index in [0.29, 0.717) is 21.4 Å². The number of fused-ring (bicyclic) bond motifs is 1. The Kier molecular flexibility index (Phi) is 5.23. The van der Waals surface area contributed by atoms with Crippen LogP contribution in [-0.4, -0.2) is 21.6 Å². The Morgan fingerprint density at radius 1 is 1.21 bits per heavy atom. The molecule has 122 valence electrons. The van der Waals surface area contributed by atoms with Crippen molar-refractivity contribution >= 4 is 57.6 Å². The van der Waals surface area contributed by atoms with Gasteiger partial charge >= 0.3 is 0 Å². The van der Waals surface area contributed by atoms with Crippen molar-refractivity contribution in [3.63, 3.8) is 0 Å². The number of hydrogen-bond donors (Lipinski definition) is 1. The quantitative estimate of drug-likeness (QED) is 0.651. The molecule has 2 aromatic heterocycles. The molecular formula is C17H13Cl2N3OS. The summed E-state index contributed by atoms with van der Waals surface area (Å²) in [6.07, 6.45) is 1.47. The second-order valence-corrected chi connectivity index (χ2v) is 6.85. The van der Waals surface area contributed by atoms with Crippen molar-refractivity contribution in [2.24, 2.45) is 0 Å². The summed E-state index contributed by atoms with van der Waals surface area (Å²) in [5, 5.41) is 5.37. The zero-order valence-electron chi connectivity index (χ0n) is 12.7. The van der Waals surface area contributed by atoms with E-state index in [9.17, 15) is 4.79 Å². The molecule has 3 aromatic rings. The molecule has 0 atom stereocenters. The standard InChI is InChI=1S/C17H13Cl2N3OS/c1-10-12(18)8-20-17(16(10)19)22-14(23)9-24-15-7-6-11-4-2-3-5-13(11)21-15/h2-8H,9H2,1H3,(H,20,22,23). The second-order valence-electron chi connectivity index (χ2n) is 5.07. The molecule has 0 aliphatic heterocycles. The minimum atomic E-state index is -0.203. The molecule has 3 rings (SSSR count). The van der Waals surface area contributed by atoms with Gasteiger partial charge in [0, 0.05) is 11.6 Å². The lowest BCUT2D eigenvalue weighted by Gasteiger charge is -2.09. The number of amides is 1. The molecule has 0 fully saturated rings. The summed E-state index contributed by atoms with van der Waals surface area (Å²) < 4.78 is 0. The number of hydrogen-bond acceptors (Lipinski definition) is 4. The first-order chi connectivity index (χ1) is 11.5. The minimum Gasteiger partial charge on any atom is -0.309 e. The van der Waals surface area contributed by atoms with Crippen LogP contribution >= 0.6 is 35.0 Å². The monoisotopic (exact) mass is 377 g/mol. The molecule has 24 heavy (non-hydrogen) atoms. The van der Waals surface area contributed by atoms with Crippen molar-refractivity contribution < 1.29 is 4.79 Å². The molecule has 2 heterocycles. The van der Waals surface area contributed by atoms with E-state index in [-0.39, 0.29) is 11.7 Å². The summed E-state index contributed by atoms with van der Waals surface area (Å²) in [6, 6.07) is 11.7. The van der Waals surface area contributed by atoms with Gasteiger partial charge in [-0.3, -0.25) is 4.79 Å². The predicted octanol–water partition coefficient (Wildman–Crippen LogP) is 4.98. The number of aromatic nitrogens is 2. The van der Waals surface area contributed by atoms with Crippen LogP contribution in [0.2, 0.25) is 10.0 Å². The van der Waals surface area contributed by atoms with Crippen molar-refractivity contribution in [1.82, 2.24) is 9.97 Å². The number of pyridine rings is 2. The molecule has 4 nitrogen and oxygen atoms in total. The zero-order chi connectivity index (χ0) is 17.1. The zero-order valence-corrected chi connectivity index (χ0v) is 15.0. The van der Waals surface area contributed by atoms with E-state index < -0.39 is 0 Å². The molecule has 1 amide bonds. The molecule has 7 heteroatoms. The molecule has 0 spiro atoms. The molecular weight excluding hydrogens is 365 g/mol. The fraction of sp³-hybridized carbons (Fsp3) is 0.118. The molecule has 0 bridgehead atoms. The van der Waals surface area contributed by atoms with Gasteiger partial charge in [0.25, 0.3) is 0 Å². The lowest BCUT2D eigenvalue weighted by molar-refractivity contribution is -0.113. The normalized spacial score (nSPS) is 10.8. The highest BCUT2D eigenvalue weighted by atomic mass is 35.5. The van der Waals surface area contributed by atoms with Gasteiger partial charge in [-0.1, -0.05) is 59.2 Å². The number of thioether (sulfide) groups is 1. The molecule has 0 radical (unpaired) electrons. The Balaban J connectivity index is 1.65. The number of halogens is 2. The molecule has 0 saturated carbocycles. The Labute approximate surface area is 153 Å². The fourth-order valence-electron chi connectivity index (χ4n) is 2.08. The number of benzene rings is 1. The van der Waals surface area contributed by atoms with Crippen LogP contribution in [0.3, 0.4) is 0 Å². The molecule has 0 saturated heterocycles. The highest BCUT2D eigenvalue weighted by Crippen LogP contribution is 2.28. The van der Waals surface area contributed by atoms with Gasteiger partial charge in [-0.25, -0.2) is 9.97 Å². The third-order valence-corrected chi connectivity index (χ3v) is 5.16. The van der Waals surface area contributed by atoms with Crippen LogP contribution in [0.4, 0.5) is 5.82 Å². The van der Waals surface area contributed by atoms with Gasteiger partial charge in [-0.2, -0.15) is 0 Å². The molecule has 1 N–H and O–H groups in total. The van der Waals surface area contributed by atoms with Crippen molar-refractivity contribution in [2.75, 3.05) is 11.1 Å². The van der Waals surface area contributed by atoms with Gasteiger partial charge in [0.2, 0.25) is 5.91 Å². The van der Waals surface area contributed by atoms with Gasteiger partial charge < -0.3 is 5.32 Å². The third-order valence-electron chi connectivity index (χ3n) is 3.38. The van der Waals surface area contributed by atoms with Crippen molar-refractivity contribution in [2.45, 2.75) is 11.9 Å². The maximum absolute atomic E-state index is 12.1. The Bertz CT molecular complexity index is 917. The van der Waals surface area contributed by atoms with Gasteiger partial charge in [0.1, 0.15) is 0 Å². The van der Waals surface area contributed by atoms with Crippen LogP contribution in [0.1, 0.15) is 5.56 Å². The van der Waals surface area contributed by atoms with Crippen LogP contribution in [-0.2, 0) is 4.79 Å². The highest BCUT2D eigenvalue weighted by Gasteiger charge is 2.12. The van der Waals surface area contributed by atoms with Crippen molar-refractivity contribution in [3.8, 4) is 0 Å². The number of anilines is 1. The summed E-state index contributed by atoms with van der Waals surface area (Å²) in [5.74, 6) is 0.326. The lowest BCUT2D eigenvalue weighted by Crippen LogP contribution is -2.15. The van der Waals surface area contributed by atoms with Crippen LogP contribution in [0.25, 0.3) is 10.9 Å². The van der Waals surface area contributed by atoms with Crippen LogP contribution in [0.15, 0.2) is 47.6 Å². The number of carbonyl (C=O) groups excluding carboxylic acids is 1. The number of carbonyl (C=O) groups is 1. The maximum atomic E-state index is 12.1.